The van der Waals surface area contributed by atoms with Crippen molar-refractivity contribution in [1.29, 1.82) is 0 Å². The zero-order valence-corrected chi connectivity index (χ0v) is 13.2. The van der Waals surface area contributed by atoms with Gasteiger partial charge in [-0.25, -0.2) is 14.6 Å². The van der Waals surface area contributed by atoms with E-state index in [1.54, 1.807) is 13.8 Å². The first-order valence-corrected chi connectivity index (χ1v) is 6.92. The van der Waals surface area contributed by atoms with Crippen LogP contribution in [0.3, 0.4) is 0 Å². The van der Waals surface area contributed by atoms with Crippen molar-refractivity contribution in [3.05, 3.63) is 11.5 Å². The molecule has 21 heavy (non-hydrogen) atoms. The molecule has 1 aromatic rings. The second-order valence-electron chi connectivity index (χ2n) is 5.15. The molecule has 0 spiro atoms. The number of carbonyl (C=O) groups excluding carboxylic acids is 2. The van der Waals surface area contributed by atoms with Crippen LogP contribution in [0.25, 0.3) is 0 Å². The van der Waals surface area contributed by atoms with Gasteiger partial charge in [0.25, 0.3) is 0 Å². The molecule has 0 saturated heterocycles. The Balaban J connectivity index is 3.26. The number of hydrogen-bond donors (Lipinski definition) is 1. The molecule has 0 aliphatic rings. The molecule has 0 bridgehead atoms. The first-order chi connectivity index (χ1) is 9.83. The summed E-state index contributed by atoms with van der Waals surface area (Å²) in [4.78, 5) is 28.0. The number of esters is 2. The van der Waals surface area contributed by atoms with Crippen LogP contribution in [-0.2, 0) is 14.3 Å². The van der Waals surface area contributed by atoms with Crippen molar-refractivity contribution in [3.8, 4) is 0 Å². The summed E-state index contributed by atoms with van der Waals surface area (Å²) >= 11 is 0. The smallest absolute Gasteiger partial charge is 0.360 e. The van der Waals surface area contributed by atoms with Gasteiger partial charge in [0, 0.05) is 0 Å². The van der Waals surface area contributed by atoms with Gasteiger partial charge in [-0.05, 0) is 26.2 Å². The van der Waals surface area contributed by atoms with Crippen LogP contribution in [0.4, 0.5) is 5.82 Å². The lowest BCUT2D eigenvalue weighted by Gasteiger charge is -2.20. The van der Waals surface area contributed by atoms with Crippen molar-refractivity contribution < 1.29 is 19.1 Å². The van der Waals surface area contributed by atoms with Gasteiger partial charge in [-0.1, -0.05) is 13.8 Å². The maximum Gasteiger partial charge on any atom is 0.360 e. The van der Waals surface area contributed by atoms with Crippen molar-refractivity contribution in [1.82, 2.24) is 9.55 Å². The molecule has 1 aromatic heterocycles. The number of ether oxygens (including phenoxy) is 2. The van der Waals surface area contributed by atoms with Crippen molar-refractivity contribution in [2.45, 2.75) is 40.2 Å². The maximum absolute atomic E-state index is 12.0. The number of nitrogens with zero attached hydrogens (tertiary/aromatic N) is 2. The minimum Gasteiger partial charge on any atom is -0.467 e. The third kappa shape index (κ3) is 3.74. The summed E-state index contributed by atoms with van der Waals surface area (Å²) in [6, 6.07) is -0.606. The Labute approximate surface area is 124 Å². The Morgan fingerprint density at radius 1 is 1.38 bits per heavy atom. The summed E-state index contributed by atoms with van der Waals surface area (Å²) in [7, 11) is 1.32. The van der Waals surface area contributed by atoms with Gasteiger partial charge in [0.05, 0.1) is 13.7 Å². The van der Waals surface area contributed by atoms with Gasteiger partial charge in [-0.15, -0.1) is 0 Å². The molecule has 0 radical (unpaired) electrons. The molecule has 0 fully saturated rings. The van der Waals surface area contributed by atoms with Gasteiger partial charge in [-0.3, -0.25) is 0 Å². The van der Waals surface area contributed by atoms with Gasteiger partial charge in [0.15, 0.2) is 5.69 Å². The van der Waals surface area contributed by atoms with Crippen LogP contribution in [0.5, 0.6) is 0 Å². The molecule has 0 amide bonds. The maximum atomic E-state index is 12.0. The van der Waals surface area contributed by atoms with E-state index >= 15 is 0 Å². The normalized spacial score (nSPS) is 12.3. The SMILES string of the molecule is CCOC(=O)c1nc(C)n(C(CC(C)C)C(=O)OC)c1N. The molecule has 1 rings (SSSR count). The Bertz CT molecular complexity index is 523. The zero-order valence-electron chi connectivity index (χ0n) is 13.2. The van der Waals surface area contributed by atoms with E-state index in [1.807, 2.05) is 13.8 Å². The average Bonchev–Trinajstić information content (AvgIpc) is 2.71. The van der Waals surface area contributed by atoms with Crippen LogP contribution in [-0.4, -0.2) is 35.2 Å². The number of nitrogens with two attached hydrogens (primary N) is 1. The highest BCUT2D eigenvalue weighted by Gasteiger charge is 2.29. The molecular formula is C14H23N3O4. The fourth-order valence-corrected chi connectivity index (χ4v) is 2.19. The van der Waals surface area contributed by atoms with Gasteiger partial charge in [0.1, 0.15) is 17.7 Å². The number of hydrogen-bond acceptors (Lipinski definition) is 6. The predicted molar refractivity (Wildman–Crippen MR) is 77.8 cm³/mol. The van der Waals surface area contributed by atoms with Gasteiger partial charge < -0.3 is 19.8 Å². The number of methoxy groups -OCH3 is 1. The molecule has 0 aromatic carbocycles. The number of aryl methyl sites for hydroxylation is 1. The molecule has 1 heterocycles. The van der Waals surface area contributed by atoms with Crippen LogP contribution in [0, 0.1) is 12.8 Å². The molecule has 0 saturated carbocycles. The highest BCUT2D eigenvalue weighted by atomic mass is 16.5. The van der Waals surface area contributed by atoms with E-state index in [1.165, 1.54) is 11.7 Å². The Hall–Kier alpha value is -2.05. The standard InChI is InChI=1S/C14H23N3O4/c1-6-21-14(19)11-12(15)17(9(4)16-11)10(7-8(2)3)13(18)20-5/h8,10H,6-7,15H2,1-5H3. The summed E-state index contributed by atoms with van der Waals surface area (Å²) in [6.45, 7) is 7.61. The van der Waals surface area contributed by atoms with E-state index in [0.717, 1.165) is 0 Å². The van der Waals surface area contributed by atoms with Crippen LogP contribution in [0.15, 0.2) is 0 Å². The molecule has 0 aliphatic heterocycles. The first-order valence-electron chi connectivity index (χ1n) is 6.92. The van der Waals surface area contributed by atoms with Gasteiger partial charge in [-0.2, -0.15) is 0 Å². The lowest BCUT2D eigenvalue weighted by Crippen LogP contribution is -2.25. The summed E-state index contributed by atoms with van der Waals surface area (Å²) in [5, 5.41) is 0. The van der Waals surface area contributed by atoms with E-state index in [4.69, 9.17) is 15.2 Å². The first kappa shape index (κ1) is 17.0. The summed E-state index contributed by atoms with van der Waals surface area (Å²) < 4.78 is 11.3. The van der Waals surface area contributed by atoms with Crippen LogP contribution < -0.4 is 5.73 Å². The molecule has 7 heteroatoms. The molecule has 0 aliphatic carbocycles. The average molecular weight is 297 g/mol. The Morgan fingerprint density at radius 3 is 2.48 bits per heavy atom. The van der Waals surface area contributed by atoms with E-state index in [-0.39, 0.29) is 24.0 Å². The van der Waals surface area contributed by atoms with E-state index < -0.39 is 18.0 Å². The lowest BCUT2D eigenvalue weighted by atomic mass is 10.0. The van der Waals surface area contributed by atoms with Crippen LogP contribution in [0.2, 0.25) is 0 Å². The highest BCUT2D eigenvalue weighted by Crippen LogP contribution is 2.26. The Kier molecular flexibility index (Phi) is 5.75. The van der Waals surface area contributed by atoms with Crippen LogP contribution >= 0.6 is 0 Å². The molecule has 1 atom stereocenters. The highest BCUT2D eigenvalue weighted by molar-refractivity contribution is 5.92. The number of rotatable bonds is 6. The van der Waals surface area contributed by atoms with Crippen molar-refractivity contribution in [3.63, 3.8) is 0 Å². The quantitative estimate of drug-likeness (QED) is 0.803. The number of anilines is 1. The minimum atomic E-state index is -0.606. The number of aromatic nitrogens is 2. The lowest BCUT2D eigenvalue weighted by molar-refractivity contribution is -0.145. The largest absolute Gasteiger partial charge is 0.467 e. The third-order valence-corrected chi connectivity index (χ3v) is 3.07. The molecule has 2 N–H and O–H groups in total. The molecule has 7 nitrogen and oxygen atoms in total. The predicted octanol–water partition coefficient (Wildman–Crippen LogP) is 1.71. The van der Waals surface area contributed by atoms with Gasteiger partial charge >= 0.3 is 11.9 Å². The molecule has 1 unspecified atom stereocenters. The Morgan fingerprint density at radius 2 is 2.00 bits per heavy atom. The number of nitrogen functional groups attached to an aromatic ring is 1. The monoisotopic (exact) mass is 297 g/mol. The topological polar surface area (TPSA) is 96.4 Å². The van der Waals surface area contributed by atoms with E-state index in [9.17, 15) is 9.59 Å². The van der Waals surface area contributed by atoms with Crippen molar-refractivity contribution >= 4 is 17.8 Å². The third-order valence-electron chi connectivity index (χ3n) is 3.07. The van der Waals surface area contributed by atoms with Crippen LogP contribution in [0.1, 0.15) is 49.5 Å². The van der Waals surface area contributed by atoms with E-state index in [2.05, 4.69) is 4.98 Å². The van der Waals surface area contributed by atoms with Crippen molar-refractivity contribution in [2.75, 3.05) is 19.5 Å². The summed E-state index contributed by atoms with van der Waals surface area (Å²) in [6.07, 6.45) is 0.538. The second-order valence-corrected chi connectivity index (χ2v) is 5.15. The number of imidazole rings is 1. The summed E-state index contributed by atoms with van der Waals surface area (Å²) in [5.74, 6) is -0.147. The van der Waals surface area contributed by atoms with E-state index in [0.29, 0.717) is 12.2 Å². The fraction of sp³-hybridized carbons (Fsp3) is 0.643. The van der Waals surface area contributed by atoms with Crippen molar-refractivity contribution in [2.24, 2.45) is 5.92 Å². The molecule has 118 valence electrons. The second kappa shape index (κ2) is 7.10. The molecular weight excluding hydrogens is 274 g/mol. The minimum absolute atomic E-state index is 0.0343. The number of carbonyl (C=O) groups is 2. The fourth-order valence-electron chi connectivity index (χ4n) is 2.19. The zero-order chi connectivity index (χ0) is 16.2. The van der Waals surface area contributed by atoms with Gasteiger partial charge in [0.2, 0.25) is 0 Å². The summed E-state index contributed by atoms with van der Waals surface area (Å²) in [5.41, 5.74) is 6.03.